The summed E-state index contributed by atoms with van der Waals surface area (Å²) in [5, 5.41) is 0. The lowest BCUT2D eigenvalue weighted by molar-refractivity contribution is 0.239. The quantitative estimate of drug-likeness (QED) is 0.527. The maximum atomic E-state index is 11.7. The molecule has 0 N–H and O–H groups in total. The summed E-state index contributed by atoms with van der Waals surface area (Å²) < 4.78 is 55.1. The van der Waals surface area contributed by atoms with Crippen molar-refractivity contribution in [2.24, 2.45) is 0 Å². The standard InChI is InChI=1S/C5H12F3O3PS/c1-10-12(2,9)11-4-3-5-13(6,7)8/h3-5H2,1-2H3. The van der Waals surface area contributed by atoms with Gasteiger partial charge in [0.2, 0.25) is 11.2 Å². The van der Waals surface area contributed by atoms with E-state index < -0.39 is 24.5 Å². The second kappa shape index (κ2) is 5.24. The second-order valence-electron chi connectivity index (χ2n) is 2.35. The van der Waals surface area contributed by atoms with Gasteiger partial charge in [-0.05, 0) is 6.42 Å². The summed E-state index contributed by atoms with van der Waals surface area (Å²) in [5.74, 6) is -0.850. The zero-order chi connectivity index (χ0) is 10.5. The highest BCUT2D eigenvalue weighted by molar-refractivity contribution is 8.20. The largest absolute Gasteiger partial charge is 0.327 e. The van der Waals surface area contributed by atoms with Crippen LogP contribution < -0.4 is 0 Å². The van der Waals surface area contributed by atoms with Crippen LogP contribution in [0.2, 0.25) is 0 Å². The predicted molar refractivity (Wildman–Crippen MR) is 46.9 cm³/mol. The molecule has 0 aromatic heterocycles. The predicted octanol–water partition coefficient (Wildman–Crippen LogP) is 3.32. The fourth-order valence-corrected chi connectivity index (χ4v) is 1.52. The van der Waals surface area contributed by atoms with Crippen LogP contribution in [0.4, 0.5) is 11.7 Å². The molecule has 0 radical (unpaired) electrons. The molecule has 0 aliphatic heterocycles. The van der Waals surface area contributed by atoms with Crippen LogP contribution in [0.3, 0.4) is 0 Å². The molecule has 1 atom stereocenters. The van der Waals surface area contributed by atoms with Crippen molar-refractivity contribution in [3.05, 3.63) is 0 Å². The van der Waals surface area contributed by atoms with E-state index in [1.165, 1.54) is 13.8 Å². The molecular formula is C5H12F3O3PS. The van der Waals surface area contributed by atoms with Gasteiger partial charge in [0.25, 0.3) is 0 Å². The van der Waals surface area contributed by atoms with Crippen LogP contribution in [0, 0.1) is 0 Å². The normalized spacial score (nSPS) is 18.2. The molecule has 0 saturated heterocycles. The molecule has 3 nitrogen and oxygen atoms in total. The average Bonchev–Trinajstić information content (AvgIpc) is 1.97. The Morgan fingerprint density at radius 1 is 1.38 bits per heavy atom. The van der Waals surface area contributed by atoms with Crippen LogP contribution in [0.5, 0.6) is 0 Å². The van der Waals surface area contributed by atoms with Gasteiger partial charge in [-0.2, -0.15) is 0 Å². The molecule has 0 bridgehead atoms. The van der Waals surface area contributed by atoms with Crippen LogP contribution in [0.1, 0.15) is 6.42 Å². The molecule has 0 aliphatic rings. The van der Waals surface area contributed by atoms with Crippen LogP contribution in [0.15, 0.2) is 0 Å². The Balaban J connectivity index is 3.53. The Hall–Kier alpha value is 0.290. The zero-order valence-corrected chi connectivity index (χ0v) is 9.05. The highest BCUT2D eigenvalue weighted by atomic mass is 32.3. The third-order valence-corrected chi connectivity index (χ3v) is 3.24. The van der Waals surface area contributed by atoms with E-state index >= 15 is 0 Å². The first-order chi connectivity index (χ1) is 5.77. The summed E-state index contributed by atoms with van der Waals surface area (Å²) in [4.78, 5) is 0. The first-order valence-corrected chi connectivity index (χ1v) is 6.94. The van der Waals surface area contributed by atoms with Crippen molar-refractivity contribution in [1.29, 1.82) is 0 Å². The highest BCUT2D eigenvalue weighted by Crippen LogP contribution is 2.53. The summed E-state index contributed by atoms with van der Waals surface area (Å²) in [5.41, 5.74) is 0. The highest BCUT2D eigenvalue weighted by Gasteiger charge is 2.21. The third-order valence-electron chi connectivity index (χ3n) is 1.18. The Labute approximate surface area is 77.3 Å². The van der Waals surface area contributed by atoms with Crippen molar-refractivity contribution in [3.8, 4) is 0 Å². The van der Waals surface area contributed by atoms with E-state index in [1.54, 1.807) is 0 Å². The van der Waals surface area contributed by atoms with Crippen molar-refractivity contribution in [2.75, 3.05) is 26.1 Å². The van der Waals surface area contributed by atoms with Crippen LogP contribution in [0.25, 0.3) is 0 Å². The molecule has 0 saturated carbocycles. The Morgan fingerprint density at radius 2 is 1.92 bits per heavy atom. The van der Waals surface area contributed by atoms with Gasteiger partial charge in [-0.3, -0.25) is 4.57 Å². The molecule has 0 heterocycles. The molecule has 13 heavy (non-hydrogen) atoms. The topological polar surface area (TPSA) is 35.5 Å². The van der Waals surface area contributed by atoms with Gasteiger partial charge in [-0.25, -0.2) is 0 Å². The van der Waals surface area contributed by atoms with E-state index in [9.17, 15) is 16.2 Å². The molecule has 0 fully saturated rings. The first-order valence-electron chi connectivity index (χ1n) is 3.44. The summed E-state index contributed by atoms with van der Waals surface area (Å²) in [6.45, 7) is 1.03. The molecule has 82 valence electrons. The van der Waals surface area contributed by atoms with E-state index in [4.69, 9.17) is 0 Å². The first kappa shape index (κ1) is 13.3. The smallest absolute Gasteiger partial charge is 0.312 e. The van der Waals surface area contributed by atoms with E-state index in [0.717, 1.165) is 0 Å². The minimum atomic E-state index is -4.96. The summed E-state index contributed by atoms with van der Waals surface area (Å²) in [6.07, 6.45) is -0.167. The molecule has 0 amide bonds. The number of hydrogen-bond donors (Lipinski definition) is 0. The molecular weight excluding hydrogens is 228 g/mol. The van der Waals surface area contributed by atoms with Crippen molar-refractivity contribution >= 4 is 18.8 Å². The Bertz CT molecular complexity index is 196. The fraction of sp³-hybridized carbons (Fsp3) is 1.00. The van der Waals surface area contributed by atoms with Gasteiger partial charge in [0, 0.05) is 13.8 Å². The van der Waals surface area contributed by atoms with Crippen molar-refractivity contribution in [3.63, 3.8) is 0 Å². The van der Waals surface area contributed by atoms with Crippen LogP contribution >= 0.6 is 18.8 Å². The average molecular weight is 240 g/mol. The van der Waals surface area contributed by atoms with Gasteiger partial charge >= 0.3 is 7.60 Å². The van der Waals surface area contributed by atoms with E-state index in [0.29, 0.717) is 0 Å². The number of rotatable bonds is 6. The van der Waals surface area contributed by atoms with Crippen molar-refractivity contribution in [1.82, 2.24) is 0 Å². The molecule has 0 spiro atoms. The van der Waals surface area contributed by atoms with Crippen molar-refractivity contribution in [2.45, 2.75) is 6.42 Å². The lowest BCUT2D eigenvalue weighted by atomic mass is 10.5. The second-order valence-corrected chi connectivity index (χ2v) is 5.93. The van der Waals surface area contributed by atoms with Crippen LogP contribution in [-0.4, -0.2) is 26.1 Å². The van der Waals surface area contributed by atoms with Crippen LogP contribution in [-0.2, 0) is 13.6 Å². The third kappa shape index (κ3) is 8.62. The molecule has 0 aliphatic carbocycles. The summed E-state index contributed by atoms with van der Waals surface area (Å²) in [7, 11) is -1.92. The van der Waals surface area contributed by atoms with Gasteiger partial charge in [0.05, 0.1) is 12.4 Å². The fourth-order valence-electron chi connectivity index (χ4n) is 0.506. The van der Waals surface area contributed by atoms with Gasteiger partial charge in [-0.1, -0.05) is 0 Å². The van der Waals surface area contributed by atoms with E-state index in [1.807, 2.05) is 0 Å². The monoisotopic (exact) mass is 240 g/mol. The zero-order valence-electron chi connectivity index (χ0n) is 7.34. The SMILES string of the molecule is COP(C)(=O)OCCCS(F)(F)F. The molecule has 0 aromatic rings. The minimum Gasteiger partial charge on any atom is -0.312 e. The Morgan fingerprint density at radius 3 is 2.31 bits per heavy atom. The Kier molecular flexibility index (Phi) is 5.36. The van der Waals surface area contributed by atoms with Gasteiger partial charge in [-0.15, -0.1) is 11.7 Å². The molecule has 0 aromatic carbocycles. The maximum Gasteiger partial charge on any atom is 0.327 e. The minimum absolute atomic E-state index is 0.167. The molecule has 1 unspecified atom stereocenters. The molecule has 8 heteroatoms. The lowest BCUT2D eigenvalue weighted by Crippen LogP contribution is -1.97. The molecule has 0 rings (SSSR count). The van der Waals surface area contributed by atoms with Gasteiger partial charge in [0.1, 0.15) is 0 Å². The van der Waals surface area contributed by atoms with Gasteiger partial charge in [0.15, 0.2) is 0 Å². The van der Waals surface area contributed by atoms with E-state index in [-0.39, 0.29) is 13.0 Å². The summed E-state index contributed by atoms with van der Waals surface area (Å²) in [6, 6.07) is 0. The van der Waals surface area contributed by atoms with Crippen molar-refractivity contribution < 1.29 is 25.3 Å². The number of halogens is 3. The van der Waals surface area contributed by atoms with E-state index in [2.05, 4.69) is 9.05 Å². The maximum absolute atomic E-state index is 11.7. The van der Waals surface area contributed by atoms with Gasteiger partial charge < -0.3 is 9.05 Å². The summed E-state index contributed by atoms with van der Waals surface area (Å²) >= 11 is -4.96. The number of hydrogen-bond acceptors (Lipinski definition) is 3. The lowest BCUT2D eigenvalue weighted by Gasteiger charge is -2.12.